The number of aliphatic hydroxyl groups excluding tert-OH is 1. The third-order valence-electron chi connectivity index (χ3n) is 4.36. The number of nitrogens with zero attached hydrogens (tertiary/aromatic N) is 1. The lowest BCUT2D eigenvalue weighted by molar-refractivity contribution is 0.299. The summed E-state index contributed by atoms with van der Waals surface area (Å²) in [5.74, 6) is 0.00701. The second-order valence-corrected chi connectivity index (χ2v) is 6.54. The van der Waals surface area contributed by atoms with Gasteiger partial charge >= 0.3 is 0 Å². The van der Waals surface area contributed by atoms with Gasteiger partial charge in [-0.1, -0.05) is 17.7 Å². The summed E-state index contributed by atoms with van der Waals surface area (Å²) in [6.07, 6.45) is 2.02. The Hall–Kier alpha value is -2.96. The third-order valence-corrected chi connectivity index (χ3v) is 4.69. The molecule has 2 heterocycles. The molecule has 27 heavy (non-hydrogen) atoms. The topological polar surface area (TPSA) is 78.0 Å². The number of benzene rings is 2. The van der Waals surface area contributed by atoms with E-state index in [2.05, 4.69) is 15.3 Å². The van der Waals surface area contributed by atoms with Crippen molar-refractivity contribution in [3.8, 4) is 0 Å². The van der Waals surface area contributed by atoms with Gasteiger partial charge in [0.2, 0.25) is 0 Å². The van der Waals surface area contributed by atoms with Crippen LogP contribution in [0.4, 0.5) is 15.9 Å². The maximum atomic E-state index is 13.7. The fourth-order valence-electron chi connectivity index (χ4n) is 3.11. The minimum atomic E-state index is -0.436. The number of aromatic nitrogens is 2. The molecule has 0 saturated heterocycles. The van der Waals surface area contributed by atoms with Gasteiger partial charge in [-0.2, -0.15) is 0 Å². The SMILES string of the molecule is O=c1[nH]ccc2c(Nc3cc(CCO)ccc3Cl)nc3ccc(F)cc3c12. The molecule has 4 rings (SSSR count). The van der Waals surface area contributed by atoms with Crippen LogP contribution in [0.2, 0.25) is 5.02 Å². The van der Waals surface area contributed by atoms with E-state index in [1.165, 1.54) is 24.4 Å². The Morgan fingerprint density at radius 2 is 2.00 bits per heavy atom. The second kappa shape index (κ2) is 6.98. The molecule has 0 aliphatic carbocycles. The molecule has 5 nitrogen and oxygen atoms in total. The Labute approximate surface area is 158 Å². The maximum absolute atomic E-state index is 13.7. The summed E-state index contributed by atoms with van der Waals surface area (Å²) >= 11 is 6.30. The zero-order chi connectivity index (χ0) is 19.0. The van der Waals surface area contributed by atoms with Gasteiger partial charge in [0.05, 0.1) is 21.6 Å². The molecule has 0 radical (unpaired) electrons. The van der Waals surface area contributed by atoms with Gasteiger partial charge < -0.3 is 15.4 Å². The number of H-pyrrole nitrogens is 1. The summed E-state index contributed by atoms with van der Waals surface area (Å²) in [5, 5.41) is 14.2. The first-order valence-corrected chi connectivity index (χ1v) is 8.71. The van der Waals surface area contributed by atoms with Gasteiger partial charge in [0.15, 0.2) is 0 Å². The van der Waals surface area contributed by atoms with E-state index in [1.54, 1.807) is 12.1 Å². The fourth-order valence-corrected chi connectivity index (χ4v) is 3.27. The molecule has 2 aromatic heterocycles. The lowest BCUT2D eigenvalue weighted by Gasteiger charge is -2.13. The molecule has 0 bridgehead atoms. The number of pyridine rings is 2. The predicted octanol–water partition coefficient (Wildman–Crippen LogP) is 4.15. The highest BCUT2D eigenvalue weighted by Gasteiger charge is 2.13. The summed E-state index contributed by atoms with van der Waals surface area (Å²) in [5.41, 5.74) is 1.69. The first-order chi connectivity index (χ1) is 13.1. The minimum absolute atomic E-state index is 0.0270. The molecule has 3 N–H and O–H groups in total. The lowest BCUT2D eigenvalue weighted by Crippen LogP contribution is -2.08. The highest BCUT2D eigenvalue weighted by Crippen LogP contribution is 2.32. The first kappa shape index (κ1) is 17.5. The van der Waals surface area contributed by atoms with Crippen LogP contribution in [0.1, 0.15) is 5.56 Å². The minimum Gasteiger partial charge on any atom is -0.396 e. The van der Waals surface area contributed by atoms with Crippen LogP contribution in [0.3, 0.4) is 0 Å². The first-order valence-electron chi connectivity index (χ1n) is 8.34. The molecule has 4 aromatic rings. The Morgan fingerprint density at radius 3 is 2.81 bits per heavy atom. The van der Waals surface area contributed by atoms with E-state index in [0.29, 0.717) is 44.6 Å². The molecule has 0 saturated carbocycles. The highest BCUT2D eigenvalue weighted by molar-refractivity contribution is 6.33. The van der Waals surface area contributed by atoms with Crippen molar-refractivity contribution >= 4 is 44.8 Å². The smallest absolute Gasteiger partial charge is 0.256 e. The number of aliphatic hydroxyl groups is 1. The quantitative estimate of drug-likeness (QED) is 0.463. The highest BCUT2D eigenvalue weighted by atomic mass is 35.5. The van der Waals surface area contributed by atoms with Crippen LogP contribution < -0.4 is 10.9 Å². The van der Waals surface area contributed by atoms with E-state index in [0.717, 1.165) is 5.56 Å². The maximum Gasteiger partial charge on any atom is 0.256 e. The lowest BCUT2D eigenvalue weighted by atomic mass is 10.1. The van der Waals surface area contributed by atoms with Gasteiger partial charge in [0.1, 0.15) is 11.6 Å². The van der Waals surface area contributed by atoms with E-state index in [1.807, 2.05) is 12.1 Å². The van der Waals surface area contributed by atoms with Crippen LogP contribution in [0.25, 0.3) is 21.7 Å². The average Bonchev–Trinajstić information content (AvgIpc) is 2.65. The summed E-state index contributed by atoms with van der Waals surface area (Å²) in [4.78, 5) is 19.6. The number of rotatable bonds is 4. The molecule has 0 aliphatic rings. The van der Waals surface area contributed by atoms with Gasteiger partial charge in [-0.05, 0) is 48.4 Å². The van der Waals surface area contributed by atoms with E-state index in [9.17, 15) is 9.18 Å². The third kappa shape index (κ3) is 3.25. The summed E-state index contributed by atoms with van der Waals surface area (Å²) in [6.45, 7) is 0.0270. The average molecular weight is 384 g/mol. The van der Waals surface area contributed by atoms with Crippen molar-refractivity contribution < 1.29 is 9.50 Å². The zero-order valence-electron chi connectivity index (χ0n) is 14.1. The molecule has 0 spiro atoms. The molecule has 7 heteroatoms. The Morgan fingerprint density at radius 1 is 1.15 bits per heavy atom. The fraction of sp³-hybridized carbons (Fsp3) is 0.100. The number of hydrogen-bond donors (Lipinski definition) is 3. The number of anilines is 2. The Bertz CT molecular complexity index is 1220. The number of hydrogen-bond acceptors (Lipinski definition) is 4. The van der Waals surface area contributed by atoms with Crippen molar-refractivity contribution in [1.82, 2.24) is 9.97 Å². The van der Waals surface area contributed by atoms with Crippen LogP contribution in [0, 0.1) is 5.82 Å². The van der Waals surface area contributed by atoms with Crippen molar-refractivity contribution in [2.24, 2.45) is 0 Å². The molecule has 2 aromatic carbocycles. The van der Waals surface area contributed by atoms with E-state index in [4.69, 9.17) is 16.7 Å². The van der Waals surface area contributed by atoms with Crippen molar-refractivity contribution in [3.63, 3.8) is 0 Å². The van der Waals surface area contributed by atoms with E-state index >= 15 is 0 Å². The van der Waals surface area contributed by atoms with Crippen molar-refractivity contribution in [2.75, 3.05) is 11.9 Å². The number of fused-ring (bicyclic) bond motifs is 3. The van der Waals surface area contributed by atoms with Gasteiger partial charge in [-0.3, -0.25) is 4.79 Å². The molecular formula is C20H15ClFN3O2. The summed E-state index contributed by atoms with van der Waals surface area (Å²) < 4.78 is 13.7. The van der Waals surface area contributed by atoms with Gasteiger partial charge in [0.25, 0.3) is 5.56 Å². The van der Waals surface area contributed by atoms with Crippen LogP contribution >= 0.6 is 11.6 Å². The molecular weight excluding hydrogens is 369 g/mol. The Kier molecular flexibility index (Phi) is 4.51. The predicted molar refractivity (Wildman–Crippen MR) is 105 cm³/mol. The van der Waals surface area contributed by atoms with E-state index < -0.39 is 5.82 Å². The summed E-state index contributed by atoms with van der Waals surface area (Å²) in [7, 11) is 0. The molecule has 0 unspecified atom stereocenters. The normalized spacial score (nSPS) is 11.2. The van der Waals surface area contributed by atoms with Crippen molar-refractivity contribution in [1.29, 1.82) is 0 Å². The van der Waals surface area contributed by atoms with Crippen molar-refractivity contribution in [3.05, 3.63) is 75.4 Å². The number of nitrogens with one attached hydrogen (secondary N) is 2. The van der Waals surface area contributed by atoms with Gasteiger partial charge in [0, 0.05) is 23.6 Å². The van der Waals surface area contributed by atoms with Gasteiger partial charge in [-0.25, -0.2) is 9.37 Å². The van der Waals surface area contributed by atoms with Crippen LogP contribution in [0.15, 0.2) is 53.5 Å². The van der Waals surface area contributed by atoms with Crippen LogP contribution in [0.5, 0.6) is 0 Å². The molecule has 136 valence electrons. The molecule has 0 atom stereocenters. The molecule has 0 amide bonds. The van der Waals surface area contributed by atoms with Crippen molar-refractivity contribution in [2.45, 2.75) is 6.42 Å². The second-order valence-electron chi connectivity index (χ2n) is 6.13. The monoisotopic (exact) mass is 383 g/mol. The Balaban J connectivity index is 1.94. The number of halogens is 2. The van der Waals surface area contributed by atoms with Crippen LogP contribution in [-0.2, 0) is 6.42 Å². The molecule has 0 fully saturated rings. The van der Waals surface area contributed by atoms with Gasteiger partial charge in [-0.15, -0.1) is 0 Å². The zero-order valence-corrected chi connectivity index (χ0v) is 14.8. The summed E-state index contributed by atoms with van der Waals surface area (Å²) in [6, 6.07) is 11.3. The standard InChI is InChI=1S/C20H15ClFN3O2/c21-15-3-1-11(6-8-26)9-17(15)25-19-13-5-7-23-20(27)18(13)14-10-12(22)2-4-16(14)24-19/h1-5,7,9-10,26H,6,8H2,(H,23,27)(H,24,25). The molecule has 0 aliphatic heterocycles. The largest absolute Gasteiger partial charge is 0.396 e. The number of aromatic amines is 1. The van der Waals surface area contributed by atoms with E-state index in [-0.39, 0.29) is 12.2 Å². The van der Waals surface area contributed by atoms with Crippen LogP contribution in [-0.4, -0.2) is 21.7 Å².